The number of ether oxygens (including phenoxy) is 1. The summed E-state index contributed by atoms with van der Waals surface area (Å²) in [6.07, 6.45) is 6.20. The highest BCUT2D eigenvalue weighted by atomic mass is 16.5. The van der Waals surface area contributed by atoms with Crippen LogP contribution < -0.4 is 0 Å². The van der Waals surface area contributed by atoms with Crippen molar-refractivity contribution < 1.29 is 9.53 Å². The maximum atomic E-state index is 11.5. The van der Waals surface area contributed by atoms with Gasteiger partial charge in [0.2, 0.25) is 0 Å². The molecule has 1 saturated carbocycles. The van der Waals surface area contributed by atoms with Crippen molar-refractivity contribution in [3.63, 3.8) is 0 Å². The van der Waals surface area contributed by atoms with Gasteiger partial charge < -0.3 is 4.74 Å². The van der Waals surface area contributed by atoms with Crippen LogP contribution in [0, 0.1) is 11.8 Å². The Hall–Kier alpha value is -0.790. The smallest absolute Gasteiger partial charge is 0.309 e. The highest BCUT2D eigenvalue weighted by Gasteiger charge is 2.28. The van der Waals surface area contributed by atoms with Crippen LogP contribution in [0.25, 0.3) is 0 Å². The summed E-state index contributed by atoms with van der Waals surface area (Å²) < 4.78 is 5.04. The van der Waals surface area contributed by atoms with E-state index >= 15 is 0 Å². The van der Waals surface area contributed by atoms with Crippen molar-refractivity contribution in [3.8, 4) is 0 Å². The fourth-order valence-corrected chi connectivity index (χ4v) is 1.91. The molecule has 0 heterocycles. The predicted octanol–water partition coefficient (Wildman–Crippen LogP) is 2.54. The van der Waals surface area contributed by atoms with Gasteiger partial charge in [0.05, 0.1) is 5.92 Å². The fourth-order valence-electron chi connectivity index (χ4n) is 1.91. The second kappa shape index (κ2) is 5.05. The molecule has 74 valence electrons. The van der Waals surface area contributed by atoms with Crippen LogP contribution in [0.5, 0.6) is 0 Å². The number of carbonyl (C=O) groups is 1. The average molecular weight is 182 g/mol. The number of esters is 1. The molecule has 0 aromatic rings. The van der Waals surface area contributed by atoms with E-state index in [0.29, 0.717) is 12.5 Å². The van der Waals surface area contributed by atoms with Gasteiger partial charge in [-0.2, -0.15) is 0 Å². The molecule has 1 fully saturated rings. The van der Waals surface area contributed by atoms with Crippen molar-refractivity contribution in [2.45, 2.75) is 32.6 Å². The lowest BCUT2D eigenvalue weighted by Gasteiger charge is -2.26. The second-order valence-electron chi connectivity index (χ2n) is 3.79. The van der Waals surface area contributed by atoms with E-state index in [1.807, 2.05) is 0 Å². The van der Waals surface area contributed by atoms with Gasteiger partial charge in [0.25, 0.3) is 0 Å². The van der Waals surface area contributed by atoms with Gasteiger partial charge >= 0.3 is 5.97 Å². The van der Waals surface area contributed by atoms with Crippen LogP contribution in [0.2, 0.25) is 0 Å². The Labute approximate surface area is 80.0 Å². The summed E-state index contributed by atoms with van der Waals surface area (Å²) in [5, 5.41) is 0. The van der Waals surface area contributed by atoms with Crippen LogP contribution in [-0.4, -0.2) is 12.6 Å². The first kappa shape index (κ1) is 10.3. The molecule has 0 N–H and O–H groups in total. The zero-order chi connectivity index (χ0) is 9.68. The van der Waals surface area contributed by atoms with Crippen molar-refractivity contribution in [3.05, 3.63) is 12.7 Å². The third-order valence-corrected chi connectivity index (χ3v) is 2.76. The van der Waals surface area contributed by atoms with E-state index in [0.717, 1.165) is 19.3 Å². The number of carbonyl (C=O) groups excluding carboxylic acids is 1. The summed E-state index contributed by atoms with van der Waals surface area (Å²) in [4.78, 5) is 11.5. The van der Waals surface area contributed by atoms with Crippen LogP contribution in [0.1, 0.15) is 32.6 Å². The minimum atomic E-state index is -0.0351. The standard InChI is InChI=1S/C11H18O2/c1-3-8-13-11(12)10-7-5-4-6-9(10)2/h3,9-10H,1,4-8H2,2H3. The molecule has 1 rings (SSSR count). The van der Waals surface area contributed by atoms with Crippen LogP contribution in [0.15, 0.2) is 12.7 Å². The molecule has 0 spiro atoms. The topological polar surface area (TPSA) is 26.3 Å². The Morgan fingerprint density at radius 3 is 2.85 bits per heavy atom. The molecule has 0 amide bonds. The molecule has 2 unspecified atom stereocenters. The first-order chi connectivity index (χ1) is 6.25. The first-order valence-electron chi connectivity index (χ1n) is 5.03. The van der Waals surface area contributed by atoms with Crippen molar-refractivity contribution in [1.82, 2.24) is 0 Å². The van der Waals surface area contributed by atoms with Crippen molar-refractivity contribution >= 4 is 5.97 Å². The molecule has 0 radical (unpaired) electrons. The highest BCUT2D eigenvalue weighted by Crippen LogP contribution is 2.30. The zero-order valence-corrected chi connectivity index (χ0v) is 8.29. The summed E-state index contributed by atoms with van der Waals surface area (Å²) >= 11 is 0. The molecular weight excluding hydrogens is 164 g/mol. The van der Waals surface area contributed by atoms with Gasteiger partial charge in [-0.1, -0.05) is 32.4 Å². The van der Waals surface area contributed by atoms with E-state index in [1.54, 1.807) is 6.08 Å². The molecule has 2 nitrogen and oxygen atoms in total. The van der Waals surface area contributed by atoms with Gasteiger partial charge in [0, 0.05) is 0 Å². The molecular formula is C11H18O2. The maximum absolute atomic E-state index is 11.5. The van der Waals surface area contributed by atoms with E-state index in [-0.39, 0.29) is 11.9 Å². The molecule has 0 bridgehead atoms. The van der Waals surface area contributed by atoms with E-state index in [4.69, 9.17) is 4.74 Å². The summed E-state index contributed by atoms with van der Waals surface area (Å²) in [5.41, 5.74) is 0. The average Bonchev–Trinajstić information content (AvgIpc) is 2.15. The summed E-state index contributed by atoms with van der Waals surface area (Å²) in [5.74, 6) is 0.590. The van der Waals surface area contributed by atoms with Crippen molar-refractivity contribution in [2.24, 2.45) is 11.8 Å². The summed E-state index contributed by atoms with van der Waals surface area (Å²) in [6, 6.07) is 0. The van der Waals surface area contributed by atoms with Crippen molar-refractivity contribution in [2.75, 3.05) is 6.61 Å². The highest BCUT2D eigenvalue weighted by molar-refractivity contribution is 5.72. The quantitative estimate of drug-likeness (QED) is 0.495. The van der Waals surface area contributed by atoms with Gasteiger partial charge in [-0.15, -0.1) is 0 Å². The largest absolute Gasteiger partial charge is 0.461 e. The van der Waals surface area contributed by atoms with E-state index in [1.165, 1.54) is 6.42 Å². The van der Waals surface area contributed by atoms with Crippen LogP contribution in [0.3, 0.4) is 0 Å². The normalized spacial score (nSPS) is 28.1. The lowest BCUT2D eigenvalue weighted by atomic mass is 9.80. The summed E-state index contributed by atoms with van der Waals surface area (Å²) in [6.45, 7) is 6.01. The number of hydrogen-bond acceptors (Lipinski definition) is 2. The van der Waals surface area contributed by atoms with Crippen LogP contribution >= 0.6 is 0 Å². The van der Waals surface area contributed by atoms with Gasteiger partial charge in [0.15, 0.2) is 0 Å². The van der Waals surface area contributed by atoms with E-state index < -0.39 is 0 Å². The molecule has 0 aromatic carbocycles. The summed E-state index contributed by atoms with van der Waals surface area (Å²) in [7, 11) is 0. The first-order valence-corrected chi connectivity index (χ1v) is 5.03. The molecule has 2 atom stereocenters. The minimum absolute atomic E-state index is 0.0351. The molecule has 13 heavy (non-hydrogen) atoms. The fraction of sp³-hybridized carbons (Fsp3) is 0.727. The molecule has 0 aromatic heterocycles. The lowest BCUT2D eigenvalue weighted by molar-refractivity contribution is -0.150. The molecule has 0 saturated heterocycles. The molecule has 1 aliphatic carbocycles. The number of hydrogen-bond donors (Lipinski definition) is 0. The lowest BCUT2D eigenvalue weighted by Crippen LogP contribution is -2.27. The number of rotatable bonds is 3. The van der Waals surface area contributed by atoms with Gasteiger partial charge in [-0.3, -0.25) is 4.79 Å². The van der Waals surface area contributed by atoms with E-state index in [9.17, 15) is 4.79 Å². The molecule has 1 aliphatic rings. The van der Waals surface area contributed by atoms with Gasteiger partial charge in [-0.05, 0) is 18.8 Å². The predicted molar refractivity (Wildman–Crippen MR) is 52.3 cm³/mol. The van der Waals surface area contributed by atoms with Crippen LogP contribution in [-0.2, 0) is 9.53 Å². The Kier molecular flexibility index (Phi) is 4.00. The van der Waals surface area contributed by atoms with Gasteiger partial charge in [-0.25, -0.2) is 0 Å². The van der Waals surface area contributed by atoms with Gasteiger partial charge in [0.1, 0.15) is 6.61 Å². The third-order valence-electron chi connectivity index (χ3n) is 2.76. The third kappa shape index (κ3) is 2.87. The molecule has 2 heteroatoms. The second-order valence-corrected chi connectivity index (χ2v) is 3.79. The maximum Gasteiger partial charge on any atom is 0.309 e. The SMILES string of the molecule is C=CCOC(=O)C1CCCCC1C. The van der Waals surface area contributed by atoms with Crippen LogP contribution in [0.4, 0.5) is 0 Å². The Morgan fingerprint density at radius 2 is 2.23 bits per heavy atom. The zero-order valence-electron chi connectivity index (χ0n) is 8.29. The molecule has 0 aliphatic heterocycles. The van der Waals surface area contributed by atoms with Crippen molar-refractivity contribution in [1.29, 1.82) is 0 Å². The Morgan fingerprint density at radius 1 is 1.54 bits per heavy atom. The minimum Gasteiger partial charge on any atom is -0.461 e. The Balaban J connectivity index is 2.39. The van der Waals surface area contributed by atoms with E-state index in [2.05, 4.69) is 13.5 Å². The Bertz CT molecular complexity index is 187. The monoisotopic (exact) mass is 182 g/mol.